The molecule has 1 aromatic heterocycles. The van der Waals surface area contributed by atoms with Gasteiger partial charge in [-0.3, -0.25) is 19.2 Å². The highest BCUT2D eigenvalue weighted by atomic mass is 19.1. The highest BCUT2D eigenvalue weighted by Crippen LogP contribution is 2.42. The Bertz CT molecular complexity index is 2120. The highest BCUT2D eigenvalue weighted by Gasteiger charge is 2.40. The van der Waals surface area contributed by atoms with Gasteiger partial charge in [-0.05, 0) is 97.2 Å². The van der Waals surface area contributed by atoms with E-state index >= 15 is 0 Å². The molecule has 6 amide bonds. The molecule has 3 heterocycles. The van der Waals surface area contributed by atoms with E-state index in [1.165, 1.54) is 36.2 Å². The second kappa shape index (κ2) is 19.8. The van der Waals surface area contributed by atoms with Crippen molar-refractivity contribution >= 4 is 47.2 Å². The number of methoxy groups -OCH3 is 2. The summed E-state index contributed by atoms with van der Waals surface area (Å²) in [7, 11) is 2.45. The number of alkyl carbamates (subject to hydrolysis) is 2. The molecule has 1 unspecified atom stereocenters. The van der Waals surface area contributed by atoms with Gasteiger partial charge in [0.1, 0.15) is 35.7 Å². The van der Waals surface area contributed by atoms with Gasteiger partial charge in [-0.25, -0.2) is 14.0 Å². The van der Waals surface area contributed by atoms with Crippen molar-refractivity contribution in [2.24, 2.45) is 11.8 Å². The molecule has 328 valence electrons. The number of nitrogens with one attached hydrogen (secondary N) is 4. The van der Waals surface area contributed by atoms with Gasteiger partial charge in [0.05, 0.1) is 20.5 Å². The van der Waals surface area contributed by atoms with Crippen LogP contribution in [0.15, 0.2) is 83.5 Å². The molecule has 62 heavy (non-hydrogen) atoms. The Hall–Kier alpha value is -6.71. The van der Waals surface area contributed by atoms with Gasteiger partial charge in [0.2, 0.25) is 23.6 Å². The Morgan fingerprint density at radius 2 is 1.05 bits per heavy atom. The molecule has 0 spiro atoms. The summed E-state index contributed by atoms with van der Waals surface area (Å²) in [6.07, 6.45) is 2.38. The Kier molecular flexibility index (Phi) is 14.3. The van der Waals surface area contributed by atoms with Crippen LogP contribution in [0.5, 0.6) is 0 Å². The van der Waals surface area contributed by atoms with Crippen LogP contribution < -0.4 is 21.3 Å². The van der Waals surface area contributed by atoms with E-state index in [9.17, 15) is 33.2 Å². The maximum atomic E-state index is 14.1. The largest absolute Gasteiger partial charge is 0.463 e. The first kappa shape index (κ1) is 44.8. The number of hydrogen-bond acceptors (Lipinski definition) is 9. The van der Waals surface area contributed by atoms with E-state index in [-0.39, 0.29) is 35.5 Å². The molecule has 0 bridgehead atoms. The number of anilines is 2. The van der Waals surface area contributed by atoms with Crippen LogP contribution in [-0.2, 0) is 28.7 Å². The van der Waals surface area contributed by atoms with Crippen molar-refractivity contribution in [3.8, 4) is 33.6 Å². The average Bonchev–Trinajstić information content (AvgIpc) is 4.06. The maximum absolute atomic E-state index is 14.1. The summed E-state index contributed by atoms with van der Waals surface area (Å²) in [6.45, 7) is 8.00. The van der Waals surface area contributed by atoms with Gasteiger partial charge >= 0.3 is 12.2 Å². The molecule has 4 aromatic rings. The number of halogens is 1. The van der Waals surface area contributed by atoms with E-state index in [1.807, 2.05) is 39.8 Å². The van der Waals surface area contributed by atoms with Crippen LogP contribution in [0.1, 0.15) is 53.4 Å². The average molecular weight is 853 g/mol. The summed E-state index contributed by atoms with van der Waals surface area (Å²) in [5.41, 5.74) is 4.55. The van der Waals surface area contributed by atoms with Crippen LogP contribution in [-0.4, -0.2) is 97.1 Å². The summed E-state index contributed by atoms with van der Waals surface area (Å²) >= 11 is 0. The molecule has 2 saturated heterocycles. The van der Waals surface area contributed by atoms with Gasteiger partial charge in [-0.2, -0.15) is 0 Å². The Morgan fingerprint density at radius 3 is 1.47 bits per heavy atom. The van der Waals surface area contributed by atoms with Crippen LogP contribution in [0.3, 0.4) is 0 Å². The Balaban J connectivity index is 1.18. The summed E-state index contributed by atoms with van der Waals surface area (Å²) in [4.78, 5) is 81.0. The first-order chi connectivity index (χ1) is 29.7. The van der Waals surface area contributed by atoms with Crippen molar-refractivity contribution in [3.63, 3.8) is 0 Å². The normalized spacial score (nSPS) is 17.0. The van der Waals surface area contributed by atoms with Crippen molar-refractivity contribution in [2.45, 2.75) is 77.5 Å². The lowest BCUT2D eigenvalue weighted by atomic mass is 9.94. The second-order valence-electron chi connectivity index (χ2n) is 16.1. The first-order valence-electron chi connectivity index (χ1n) is 20.7. The molecule has 2 aliphatic heterocycles. The van der Waals surface area contributed by atoms with Gasteiger partial charge in [-0.1, -0.05) is 52.0 Å². The number of hydrogen-bond donors (Lipinski definition) is 4. The van der Waals surface area contributed by atoms with Gasteiger partial charge in [0, 0.05) is 41.2 Å². The molecule has 2 fully saturated rings. The zero-order valence-corrected chi connectivity index (χ0v) is 35.7. The number of rotatable bonds is 13. The van der Waals surface area contributed by atoms with Crippen LogP contribution in [0.2, 0.25) is 0 Å². The van der Waals surface area contributed by atoms with E-state index in [4.69, 9.17) is 13.9 Å². The number of ether oxygens (including phenoxy) is 2. The lowest BCUT2D eigenvalue weighted by molar-refractivity contribution is -0.139. The fraction of sp³-hybridized carbons (Fsp3) is 0.391. The van der Waals surface area contributed by atoms with Crippen LogP contribution in [0, 0.1) is 17.7 Å². The van der Waals surface area contributed by atoms with E-state index in [0.717, 1.165) is 5.56 Å². The molecule has 2 aliphatic rings. The number of nitrogens with zero attached hydrogens (tertiary/aromatic N) is 2. The Morgan fingerprint density at radius 1 is 0.629 bits per heavy atom. The Labute approximate surface area is 359 Å². The lowest BCUT2D eigenvalue weighted by Gasteiger charge is -2.30. The summed E-state index contributed by atoms with van der Waals surface area (Å²) < 4.78 is 29.7. The van der Waals surface area contributed by atoms with Gasteiger partial charge in [0.25, 0.3) is 0 Å². The van der Waals surface area contributed by atoms with Crippen molar-refractivity contribution < 1.29 is 47.0 Å². The molecular weight excluding hydrogens is 800 g/mol. The summed E-state index contributed by atoms with van der Waals surface area (Å²) in [5, 5.41) is 11.0. The minimum absolute atomic E-state index is 0.231. The minimum Gasteiger partial charge on any atom is -0.463 e. The van der Waals surface area contributed by atoms with Crippen molar-refractivity contribution in [1.82, 2.24) is 20.4 Å². The van der Waals surface area contributed by atoms with Crippen molar-refractivity contribution in [1.29, 1.82) is 0 Å². The van der Waals surface area contributed by atoms with Crippen LogP contribution in [0.25, 0.3) is 33.6 Å². The fourth-order valence-electron chi connectivity index (χ4n) is 7.94. The maximum Gasteiger partial charge on any atom is 0.407 e. The zero-order valence-electron chi connectivity index (χ0n) is 35.7. The molecule has 4 atom stereocenters. The van der Waals surface area contributed by atoms with Crippen LogP contribution in [0.4, 0.5) is 25.4 Å². The minimum atomic E-state index is -0.850. The molecule has 15 nitrogen and oxygen atoms in total. The SMILES string of the molecule is COC(=O)N[C@H](C(=O)N1CCCC1C(=O)Nc1ccc(-c2occ(-c3ccc(NC(=O)[C@@H]4CCCN4C(=O)[C@@H](NC(=O)OC)C(C)C)cc3)c2-c2ccc(F)cc2)cc1)C(C)C. The van der Waals surface area contributed by atoms with Gasteiger partial charge < -0.3 is 45.0 Å². The second-order valence-corrected chi connectivity index (χ2v) is 16.1. The van der Waals surface area contributed by atoms with E-state index in [1.54, 1.807) is 54.8 Å². The molecular formula is C46H53FN6O9. The lowest BCUT2D eigenvalue weighted by Crippen LogP contribution is -2.54. The molecule has 0 aliphatic carbocycles. The third-order valence-corrected chi connectivity index (χ3v) is 11.3. The fourth-order valence-corrected chi connectivity index (χ4v) is 7.94. The number of carbonyl (C=O) groups excluding carboxylic acids is 6. The van der Waals surface area contributed by atoms with Crippen molar-refractivity contribution in [2.75, 3.05) is 37.9 Å². The number of carbonyl (C=O) groups is 6. The van der Waals surface area contributed by atoms with E-state index < -0.39 is 42.2 Å². The van der Waals surface area contributed by atoms with Crippen LogP contribution >= 0.6 is 0 Å². The van der Waals surface area contributed by atoms with Gasteiger partial charge in [0.15, 0.2) is 0 Å². The molecule has 16 heteroatoms. The summed E-state index contributed by atoms with van der Waals surface area (Å²) in [5.74, 6) is -1.76. The number of likely N-dealkylation sites (tertiary alicyclic amines) is 2. The van der Waals surface area contributed by atoms with Gasteiger partial charge in [-0.15, -0.1) is 0 Å². The highest BCUT2D eigenvalue weighted by molar-refractivity contribution is 6.00. The van der Waals surface area contributed by atoms with E-state index in [0.29, 0.717) is 78.2 Å². The number of benzene rings is 3. The molecule has 0 saturated carbocycles. The first-order valence-corrected chi connectivity index (χ1v) is 20.7. The summed E-state index contributed by atoms with van der Waals surface area (Å²) in [6, 6.07) is 17.1. The number of furan rings is 1. The zero-order chi connectivity index (χ0) is 44.7. The smallest absolute Gasteiger partial charge is 0.407 e. The molecule has 6 rings (SSSR count). The molecule has 0 radical (unpaired) electrons. The number of amides is 6. The van der Waals surface area contributed by atoms with Crippen molar-refractivity contribution in [3.05, 3.63) is 84.9 Å². The predicted octanol–water partition coefficient (Wildman–Crippen LogP) is 7.04. The quantitative estimate of drug-likeness (QED) is 0.109. The predicted molar refractivity (Wildman–Crippen MR) is 230 cm³/mol. The molecule has 4 N–H and O–H groups in total. The third kappa shape index (κ3) is 10.1. The van der Waals surface area contributed by atoms with E-state index in [2.05, 4.69) is 21.3 Å². The standard InChI is InChI=1S/C46H53FN6O9/c1-26(2)38(50-45(58)60-5)43(56)52-23-7-9-35(52)41(54)48-32-19-13-28(14-20-32)34-25-62-40(37(34)29-11-17-31(47)18-12-29)30-15-21-33(22-16-30)49-42(55)36-10-8-24-53(36)44(57)39(27(3)4)51-46(59)61-6/h11-22,25-27,35-36,38-39H,7-10,23-24H2,1-6H3,(H,48,54)(H,49,55)(H,50,58)(H,51,59)/t35-,36?,38-,39-/m0/s1. The monoisotopic (exact) mass is 852 g/mol. The molecule has 3 aromatic carbocycles. The third-order valence-electron chi connectivity index (χ3n) is 11.3. The topological polar surface area (TPSA) is 189 Å².